The van der Waals surface area contributed by atoms with Gasteiger partial charge >= 0.3 is 0 Å². The summed E-state index contributed by atoms with van der Waals surface area (Å²) < 4.78 is 0. The Morgan fingerprint density at radius 3 is 2.45 bits per heavy atom. The van der Waals surface area contributed by atoms with Crippen molar-refractivity contribution in [3.05, 3.63) is 62.4 Å². The summed E-state index contributed by atoms with van der Waals surface area (Å²) in [6.07, 6.45) is 1.69. The third kappa shape index (κ3) is 3.42. The molecule has 1 aromatic carbocycles. The van der Waals surface area contributed by atoms with E-state index in [0.717, 1.165) is 5.56 Å². The first-order valence-corrected chi connectivity index (χ1v) is 6.95. The number of benzene rings is 1. The van der Waals surface area contributed by atoms with Crippen LogP contribution in [0.4, 0.5) is 0 Å². The van der Waals surface area contributed by atoms with Crippen LogP contribution in [0.25, 0.3) is 0 Å². The van der Waals surface area contributed by atoms with Gasteiger partial charge in [-0.05, 0) is 30.7 Å². The van der Waals surface area contributed by atoms with E-state index in [2.05, 4.69) is 10.3 Å². The number of hydrogen-bond donors (Lipinski definition) is 1. The lowest BCUT2D eigenvalue weighted by atomic mass is 10.2. The summed E-state index contributed by atoms with van der Waals surface area (Å²) >= 11 is 18.0. The molecule has 3 nitrogen and oxygen atoms in total. The molecule has 0 saturated heterocycles. The highest BCUT2D eigenvalue weighted by atomic mass is 35.5. The average Bonchev–Trinajstić information content (AvgIpc) is 2.37. The van der Waals surface area contributed by atoms with E-state index in [-0.39, 0.29) is 18.0 Å². The monoisotopic (exact) mass is 328 g/mol. The fourth-order valence-electron chi connectivity index (χ4n) is 1.66. The van der Waals surface area contributed by atoms with Crippen molar-refractivity contribution in [1.82, 2.24) is 10.3 Å². The van der Waals surface area contributed by atoms with Gasteiger partial charge in [0.1, 0.15) is 0 Å². The number of pyridine rings is 1. The molecule has 0 unspecified atom stereocenters. The Morgan fingerprint density at radius 1 is 1.20 bits per heavy atom. The average molecular weight is 330 g/mol. The minimum atomic E-state index is -0.362. The van der Waals surface area contributed by atoms with Crippen LogP contribution in [0.1, 0.15) is 21.6 Å². The van der Waals surface area contributed by atoms with E-state index >= 15 is 0 Å². The Kier molecular flexibility index (Phi) is 4.86. The maximum atomic E-state index is 12.1. The number of halogens is 3. The smallest absolute Gasteiger partial charge is 0.254 e. The number of nitrogens with zero attached hydrogens (tertiary/aromatic N) is 1. The minimum Gasteiger partial charge on any atom is -0.346 e. The molecular formula is C14H11Cl3N2O. The van der Waals surface area contributed by atoms with Gasteiger partial charge in [0.05, 0.1) is 32.9 Å². The lowest BCUT2D eigenvalue weighted by molar-refractivity contribution is 0.0951. The van der Waals surface area contributed by atoms with Crippen molar-refractivity contribution in [2.45, 2.75) is 13.5 Å². The molecule has 0 radical (unpaired) electrons. The molecule has 0 fully saturated rings. The molecule has 1 aromatic heterocycles. The van der Waals surface area contributed by atoms with Gasteiger partial charge in [-0.15, -0.1) is 0 Å². The van der Waals surface area contributed by atoms with E-state index < -0.39 is 0 Å². The largest absolute Gasteiger partial charge is 0.346 e. The van der Waals surface area contributed by atoms with Crippen LogP contribution in [0.15, 0.2) is 30.5 Å². The second kappa shape index (κ2) is 6.44. The number of hydrogen-bond acceptors (Lipinski definition) is 2. The number of aromatic nitrogens is 1. The van der Waals surface area contributed by atoms with Crippen molar-refractivity contribution in [2.24, 2.45) is 0 Å². The Morgan fingerprint density at radius 2 is 1.85 bits per heavy atom. The maximum Gasteiger partial charge on any atom is 0.254 e. The second-order valence-corrected chi connectivity index (χ2v) is 5.44. The number of aryl methyl sites for hydroxylation is 1. The molecule has 6 heteroatoms. The predicted molar refractivity (Wildman–Crippen MR) is 81.6 cm³/mol. The lowest BCUT2D eigenvalue weighted by Crippen LogP contribution is -2.24. The molecule has 0 aliphatic carbocycles. The molecule has 1 amide bonds. The zero-order chi connectivity index (χ0) is 14.7. The number of carbonyl (C=O) groups is 1. The SMILES string of the molecule is Cc1cnc(CNC(=O)c2c(Cl)cccc2Cl)c(Cl)c1. The molecule has 1 heterocycles. The van der Waals surface area contributed by atoms with Gasteiger partial charge in [-0.3, -0.25) is 9.78 Å². The van der Waals surface area contributed by atoms with Gasteiger partial charge in [-0.2, -0.15) is 0 Å². The first kappa shape index (κ1) is 15.1. The van der Waals surface area contributed by atoms with Crippen LogP contribution in [0.5, 0.6) is 0 Å². The van der Waals surface area contributed by atoms with Crippen molar-refractivity contribution in [3.8, 4) is 0 Å². The van der Waals surface area contributed by atoms with Gasteiger partial charge < -0.3 is 5.32 Å². The van der Waals surface area contributed by atoms with E-state index in [0.29, 0.717) is 20.8 Å². The Hall–Kier alpha value is -1.29. The van der Waals surface area contributed by atoms with Gasteiger partial charge in [-0.25, -0.2) is 0 Å². The summed E-state index contributed by atoms with van der Waals surface area (Å²) in [5.74, 6) is -0.362. The van der Waals surface area contributed by atoms with E-state index in [1.807, 2.05) is 6.92 Å². The van der Waals surface area contributed by atoms with Crippen LogP contribution in [-0.4, -0.2) is 10.9 Å². The lowest BCUT2D eigenvalue weighted by Gasteiger charge is -2.09. The van der Waals surface area contributed by atoms with Gasteiger partial charge in [0, 0.05) is 6.20 Å². The van der Waals surface area contributed by atoms with Crippen molar-refractivity contribution < 1.29 is 4.79 Å². The van der Waals surface area contributed by atoms with E-state index in [1.54, 1.807) is 30.5 Å². The molecule has 1 N–H and O–H groups in total. The van der Waals surface area contributed by atoms with Crippen LogP contribution < -0.4 is 5.32 Å². The topological polar surface area (TPSA) is 42.0 Å². The van der Waals surface area contributed by atoms with Gasteiger partial charge in [0.15, 0.2) is 0 Å². The van der Waals surface area contributed by atoms with Gasteiger partial charge in [0.25, 0.3) is 5.91 Å². The van der Waals surface area contributed by atoms with Crippen molar-refractivity contribution in [3.63, 3.8) is 0 Å². The number of amides is 1. The van der Waals surface area contributed by atoms with E-state index in [4.69, 9.17) is 34.8 Å². The summed E-state index contributed by atoms with van der Waals surface area (Å²) in [6, 6.07) is 6.69. The highest BCUT2D eigenvalue weighted by molar-refractivity contribution is 6.39. The standard InChI is InChI=1S/C14H11Cl3N2O/c1-8-5-11(17)12(18-6-8)7-19-14(20)13-9(15)3-2-4-10(13)16/h2-6H,7H2,1H3,(H,19,20). The first-order valence-electron chi connectivity index (χ1n) is 5.82. The highest BCUT2D eigenvalue weighted by Gasteiger charge is 2.14. The molecule has 20 heavy (non-hydrogen) atoms. The predicted octanol–water partition coefficient (Wildman–Crippen LogP) is 4.28. The van der Waals surface area contributed by atoms with Crippen LogP contribution in [0, 0.1) is 6.92 Å². The summed E-state index contributed by atoms with van der Waals surface area (Å²) in [6.45, 7) is 2.10. The van der Waals surface area contributed by atoms with Gasteiger partial charge in [0.2, 0.25) is 0 Å². The highest BCUT2D eigenvalue weighted by Crippen LogP contribution is 2.24. The van der Waals surface area contributed by atoms with Crippen molar-refractivity contribution in [2.75, 3.05) is 0 Å². The first-order chi connectivity index (χ1) is 9.49. The second-order valence-electron chi connectivity index (χ2n) is 4.22. The molecule has 0 atom stereocenters. The van der Waals surface area contributed by atoms with Crippen LogP contribution in [0.3, 0.4) is 0 Å². The number of carbonyl (C=O) groups excluding carboxylic acids is 1. The molecule has 0 aliphatic heterocycles. The summed E-state index contributed by atoms with van der Waals surface area (Å²) in [4.78, 5) is 16.3. The zero-order valence-electron chi connectivity index (χ0n) is 10.6. The Labute approximate surface area is 131 Å². The van der Waals surface area contributed by atoms with Gasteiger partial charge in [-0.1, -0.05) is 40.9 Å². The summed E-state index contributed by atoms with van der Waals surface area (Å²) in [5, 5.41) is 3.82. The zero-order valence-corrected chi connectivity index (χ0v) is 12.9. The van der Waals surface area contributed by atoms with Crippen LogP contribution >= 0.6 is 34.8 Å². The third-order valence-corrected chi connectivity index (χ3v) is 3.62. The molecular weight excluding hydrogens is 319 g/mol. The fourth-order valence-corrected chi connectivity index (χ4v) is 2.52. The van der Waals surface area contributed by atoms with E-state index in [9.17, 15) is 4.79 Å². The molecule has 2 rings (SSSR count). The molecule has 0 aliphatic rings. The molecule has 2 aromatic rings. The molecule has 0 bridgehead atoms. The van der Waals surface area contributed by atoms with Crippen LogP contribution in [-0.2, 0) is 6.54 Å². The Bertz CT molecular complexity index is 639. The molecule has 0 saturated carbocycles. The normalized spacial score (nSPS) is 10.4. The molecule has 0 spiro atoms. The van der Waals surface area contributed by atoms with Crippen molar-refractivity contribution >= 4 is 40.7 Å². The minimum absolute atomic E-state index is 0.208. The Balaban J connectivity index is 2.13. The van der Waals surface area contributed by atoms with Crippen LogP contribution in [0.2, 0.25) is 15.1 Å². The molecule has 104 valence electrons. The quantitative estimate of drug-likeness (QED) is 0.913. The number of rotatable bonds is 3. The summed E-state index contributed by atoms with van der Waals surface area (Å²) in [7, 11) is 0. The third-order valence-electron chi connectivity index (χ3n) is 2.66. The number of nitrogens with one attached hydrogen (secondary N) is 1. The van der Waals surface area contributed by atoms with Crippen molar-refractivity contribution in [1.29, 1.82) is 0 Å². The summed E-state index contributed by atoms with van der Waals surface area (Å²) in [5.41, 5.74) is 1.80. The van der Waals surface area contributed by atoms with E-state index in [1.165, 1.54) is 0 Å². The fraction of sp³-hybridized carbons (Fsp3) is 0.143. The maximum absolute atomic E-state index is 12.1.